The molecule has 1 amide bonds. The van der Waals surface area contributed by atoms with Crippen LogP contribution >= 0.6 is 11.6 Å². The zero-order chi connectivity index (χ0) is 12.0. The summed E-state index contributed by atoms with van der Waals surface area (Å²) in [5.74, 6) is 0.652. The van der Waals surface area contributed by atoms with E-state index in [1.807, 2.05) is 4.90 Å². The molecule has 17 heavy (non-hydrogen) atoms. The van der Waals surface area contributed by atoms with Crippen molar-refractivity contribution in [2.45, 2.75) is 25.3 Å². The Morgan fingerprint density at radius 3 is 3.00 bits per heavy atom. The number of carbonyl (C=O) groups excluding carboxylic acids is 1. The van der Waals surface area contributed by atoms with Crippen LogP contribution in [0.2, 0.25) is 5.15 Å². The zero-order valence-electron chi connectivity index (χ0n) is 9.40. The van der Waals surface area contributed by atoms with E-state index in [-0.39, 0.29) is 11.1 Å². The molecule has 1 saturated carbocycles. The lowest BCUT2D eigenvalue weighted by Crippen LogP contribution is -2.37. The first kappa shape index (κ1) is 10.8. The van der Waals surface area contributed by atoms with E-state index >= 15 is 0 Å². The SMILES string of the molecule is Nc1cnc(Cl)c(C(=O)N2CC3CCC2C3)c1. The normalized spacial score (nSPS) is 26.5. The van der Waals surface area contributed by atoms with Gasteiger partial charge >= 0.3 is 0 Å². The third-order valence-corrected chi connectivity index (χ3v) is 4.06. The van der Waals surface area contributed by atoms with Crippen molar-refractivity contribution in [2.24, 2.45) is 5.92 Å². The van der Waals surface area contributed by atoms with Crippen molar-refractivity contribution < 1.29 is 4.79 Å². The van der Waals surface area contributed by atoms with Crippen LogP contribution in [0.3, 0.4) is 0 Å². The van der Waals surface area contributed by atoms with Crippen LogP contribution in [-0.4, -0.2) is 28.4 Å². The van der Waals surface area contributed by atoms with Gasteiger partial charge in [0.25, 0.3) is 5.91 Å². The van der Waals surface area contributed by atoms with Gasteiger partial charge in [-0.25, -0.2) is 4.98 Å². The molecule has 0 spiro atoms. The van der Waals surface area contributed by atoms with E-state index in [1.165, 1.54) is 12.6 Å². The van der Waals surface area contributed by atoms with Crippen molar-refractivity contribution in [3.05, 3.63) is 23.0 Å². The van der Waals surface area contributed by atoms with E-state index in [0.29, 0.717) is 23.2 Å². The quantitative estimate of drug-likeness (QED) is 0.776. The first-order valence-electron chi connectivity index (χ1n) is 5.87. The van der Waals surface area contributed by atoms with Gasteiger partial charge in [0.15, 0.2) is 0 Å². The third kappa shape index (κ3) is 1.76. The van der Waals surface area contributed by atoms with Crippen LogP contribution in [0.25, 0.3) is 0 Å². The van der Waals surface area contributed by atoms with Gasteiger partial charge in [-0.15, -0.1) is 0 Å². The van der Waals surface area contributed by atoms with Crippen LogP contribution in [0.4, 0.5) is 5.69 Å². The maximum absolute atomic E-state index is 12.4. The zero-order valence-corrected chi connectivity index (χ0v) is 10.2. The molecule has 1 aliphatic carbocycles. The fourth-order valence-corrected chi connectivity index (χ4v) is 3.13. The van der Waals surface area contributed by atoms with Crippen molar-refractivity contribution in [1.82, 2.24) is 9.88 Å². The van der Waals surface area contributed by atoms with Crippen molar-refractivity contribution in [2.75, 3.05) is 12.3 Å². The van der Waals surface area contributed by atoms with Crippen LogP contribution < -0.4 is 5.73 Å². The summed E-state index contributed by atoms with van der Waals surface area (Å²) in [6.45, 7) is 0.856. The summed E-state index contributed by atoms with van der Waals surface area (Å²) in [6, 6.07) is 2.01. The van der Waals surface area contributed by atoms with Gasteiger partial charge in [-0.2, -0.15) is 0 Å². The average Bonchev–Trinajstić information content (AvgIpc) is 2.93. The molecule has 1 aliphatic heterocycles. The third-order valence-electron chi connectivity index (χ3n) is 3.76. The molecule has 2 bridgehead atoms. The van der Waals surface area contributed by atoms with Crippen LogP contribution in [-0.2, 0) is 0 Å². The van der Waals surface area contributed by atoms with E-state index in [1.54, 1.807) is 6.07 Å². The molecule has 0 aromatic carbocycles. The number of aromatic nitrogens is 1. The maximum Gasteiger partial charge on any atom is 0.257 e. The number of rotatable bonds is 1. The number of piperidine rings is 1. The molecule has 2 aliphatic rings. The second kappa shape index (κ2) is 3.88. The summed E-state index contributed by atoms with van der Waals surface area (Å²) in [5.41, 5.74) is 6.55. The summed E-state index contributed by atoms with van der Waals surface area (Å²) < 4.78 is 0. The predicted octanol–water partition coefficient (Wildman–Crippen LogP) is 1.94. The Kier molecular flexibility index (Phi) is 2.47. The smallest absolute Gasteiger partial charge is 0.257 e. The molecule has 2 N–H and O–H groups in total. The van der Waals surface area contributed by atoms with E-state index in [2.05, 4.69) is 4.98 Å². The number of halogens is 1. The molecule has 2 atom stereocenters. The minimum atomic E-state index is -0.0259. The van der Waals surface area contributed by atoms with Crippen LogP contribution in [0.1, 0.15) is 29.6 Å². The second-order valence-corrected chi connectivity index (χ2v) is 5.26. The highest BCUT2D eigenvalue weighted by Crippen LogP contribution is 2.38. The number of hydrogen-bond donors (Lipinski definition) is 1. The highest BCUT2D eigenvalue weighted by molar-refractivity contribution is 6.32. The number of anilines is 1. The van der Waals surface area contributed by atoms with Gasteiger partial charge < -0.3 is 10.6 Å². The molecule has 5 heteroatoms. The molecular weight excluding hydrogens is 238 g/mol. The number of nitrogen functional groups attached to an aromatic ring is 1. The van der Waals surface area contributed by atoms with Crippen molar-refractivity contribution >= 4 is 23.2 Å². The molecule has 1 aromatic heterocycles. The molecule has 1 saturated heterocycles. The van der Waals surface area contributed by atoms with Crippen molar-refractivity contribution in [3.63, 3.8) is 0 Å². The van der Waals surface area contributed by atoms with Gasteiger partial charge in [0.1, 0.15) is 5.15 Å². The molecular formula is C12H14ClN3O. The number of amides is 1. The Morgan fingerprint density at radius 1 is 1.53 bits per heavy atom. The van der Waals surface area contributed by atoms with E-state index in [0.717, 1.165) is 19.4 Å². The highest BCUT2D eigenvalue weighted by Gasteiger charge is 2.40. The molecule has 4 nitrogen and oxygen atoms in total. The van der Waals surface area contributed by atoms with Gasteiger partial charge in [-0.05, 0) is 31.2 Å². The first-order valence-corrected chi connectivity index (χ1v) is 6.25. The summed E-state index contributed by atoms with van der Waals surface area (Å²) in [5, 5.41) is 0.243. The minimum absolute atomic E-state index is 0.0259. The highest BCUT2D eigenvalue weighted by atomic mass is 35.5. The second-order valence-electron chi connectivity index (χ2n) is 4.90. The fourth-order valence-electron chi connectivity index (χ4n) is 2.94. The largest absolute Gasteiger partial charge is 0.397 e. The summed E-state index contributed by atoms with van der Waals surface area (Å²) in [6.07, 6.45) is 4.97. The number of hydrogen-bond acceptors (Lipinski definition) is 3. The number of fused-ring (bicyclic) bond motifs is 2. The fraction of sp³-hybridized carbons (Fsp3) is 0.500. The Bertz CT molecular complexity index is 477. The Balaban J connectivity index is 1.89. The Labute approximate surface area is 105 Å². The summed E-state index contributed by atoms with van der Waals surface area (Å²) >= 11 is 5.96. The lowest BCUT2D eigenvalue weighted by atomic mass is 10.1. The number of nitrogens with two attached hydrogens (primary N) is 1. The standard InChI is InChI=1S/C12H14ClN3O/c13-11-10(4-8(14)5-15-11)12(17)16-6-7-1-2-9(16)3-7/h4-5,7,9H,1-3,6,14H2. The van der Waals surface area contributed by atoms with Crippen molar-refractivity contribution in [3.8, 4) is 0 Å². The van der Waals surface area contributed by atoms with Crippen LogP contribution in [0.5, 0.6) is 0 Å². The van der Waals surface area contributed by atoms with E-state index in [4.69, 9.17) is 17.3 Å². The van der Waals surface area contributed by atoms with Crippen LogP contribution in [0.15, 0.2) is 12.3 Å². The molecule has 2 heterocycles. The molecule has 90 valence electrons. The average molecular weight is 252 g/mol. The number of pyridine rings is 1. The monoisotopic (exact) mass is 251 g/mol. The molecule has 1 aromatic rings. The molecule has 2 unspecified atom stereocenters. The lowest BCUT2D eigenvalue weighted by Gasteiger charge is -2.27. The van der Waals surface area contributed by atoms with Gasteiger partial charge in [-0.3, -0.25) is 4.79 Å². The topological polar surface area (TPSA) is 59.2 Å². The summed E-state index contributed by atoms with van der Waals surface area (Å²) in [7, 11) is 0. The predicted molar refractivity (Wildman–Crippen MR) is 65.8 cm³/mol. The molecule has 2 fully saturated rings. The summed E-state index contributed by atoms with van der Waals surface area (Å²) in [4.78, 5) is 18.2. The van der Waals surface area contributed by atoms with Gasteiger partial charge in [0.05, 0.1) is 17.4 Å². The Morgan fingerprint density at radius 2 is 2.35 bits per heavy atom. The van der Waals surface area contributed by atoms with Crippen molar-refractivity contribution in [1.29, 1.82) is 0 Å². The first-order chi connectivity index (χ1) is 8.15. The Hall–Kier alpha value is -1.29. The number of carbonyl (C=O) groups is 1. The van der Waals surface area contributed by atoms with Gasteiger partial charge in [-0.1, -0.05) is 11.6 Å². The molecule has 3 rings (SSSR count). The lowest BCUT2D eigenvalue weighted by molar-refractivity contribution is 0.0703. The maximum atomic E-state index is 12.4. The van der Waals surface area contributed by atoms with Gasteiger partial charge in [0.2, 0.25) is 0 Å². The van der Waals surface area contributed by atoms with Crippen LogP contribution in [0, 0.1) is 5.92 Å². The minimum Gasteiger partial charge on any atom is -0.397 e. The van der Waals surface area contributed by atoms with Gasteiger partial charge in [0, 0.05) is 12.6 Å². The molecule has 0 radical (unpaired) electrons. The number of nitrogens with zero attached hydrogens (tertiary/aromatic N) is 2. The van der Waals surface area contributed by atoms with E-state index in [9.17, 15) is 4.79 Å². The number of likely N-dealkylation sites (tertiary alicyclic amines) is 1. The van der Waals surface area contributed by atoms with E-state index < -0.39 is 0 Å².